The van der Waals surface area contributed by atoms with Gasteiger partial charge in [-0.3, -0.25) is 4.79 Å². The van der Waals surface area contributed by atoms with Crippen molar-refractivity contribution in [3.63, 3.8) is 0 Å². The Kier molecular flexibility index (Phi) is 4.05. The Morgan fingerprint density at radius 3 is 2.70 bits per heavy atom. The van der Waals surface area contributed by atoms with Crippen LogP contribution in [-0.2, 0) is 23.8 Å². The number of fused-ring (bicyclic) bond motifs is 5. The predicted molar refractivity (Wildman–Crippen MR) is 93.4 cm³/mol. The summed E-state index contributed by atoms with van der Waals surface area (Å²) < 4.78 is 17.1. The van der Waals surface area contributed by atoms with E-state index in [1.165, 1.54) is 0 Å². The Hall–Kier alpha value is -1.44. The van der Waals surface area contributed by atoms with Crippen molar-refractivity contribution in [2.45, 2.75) is 76.2 Å². The number of aliphatic hydroxyl groups is 2. The molecule has 0 aromatic carbocycles. The lowest BCUT2D eigenvalue weighted by Gasteiger charge is -2.38. The van der Waals surface area contributed by atoms with E-state index in [0.717, 1.165) is 0 Å². The van der Waals surface area contributed by atoms with E-state index in [1.54, 1.807) is 13.8 Å². The summed E-state index contributed by atoms with van der Waals surface area (Å²) in [6, 6.07) is 0. The van der Waals surface area contributed by atoms with Crippen LogP contribution in [0.5, 0.6) is 0 Å². The molecule has 0 spiro atoms. The normalized spacial score (nSPS) is 51.6. The molecule has 0 aromatic rings. The Morgan fingerprint density at radius 1 is 1.41 bits per heavy atom. The molecule has 2 saturated heterocycles. The fraction of sp³-hybridized carbons (Fsp3) is 0.800. The number of hydrogen-bond donors (Lipinski definition) is 2. The molecule has 0 bridgehead atoms. The van der Waals surface area contributed by atoms with Gasteiger partial charge in [0.2, 0.25) is 0 Å². The molecule has 150 valence electrons. The van der Waals surface area contributed by atoms with Crippen LogP contribution in [-0.4, -0.2) is 57.8 Å². The van der Waals surface area contributed by atoms with Gasteiger partial charge in [-0.05, 0) is 20.3 Å². The van der Waals surface area contributed by atoms with E-state index in [2.05, 4.69) is 6.58 Å². The summed E-state index contributed by atoms with van der Waals surface area (Å²) >= 11 is 0. The topological polar surface area (TPSA) is 106 Å². The third-order valence-electron chi connectivity index (χ3n) is 7.25. The molecule has 2 aliphatic heterocycles. The van der Waals surface area contributed by atoms with Crippen molar-refractivity contribution in [1.82, 2.24) is 0 Å². The molecule has 2 heterocycles. The average molecular weight is 380 g/mol. The van der Waals surface area contributed by atoms with Crippen LogP contribution in [0.15, 0.2) is 12.2 Å². The summed E-state index contributed by atoms with van der Waals surface area (Å²) in [5.41, 5.74) is -1.72. The van der Waals surface area contributed by atoms with Crippen LogP contribution < -0.4 is 0 Å². The van der Waals surface area contributed by atoms with Gasteiger partial charge >= 0.3 is 11.9 Å². The molecular weight excluding hydrogens is 352 g/mol. The van der Waals surface area contributed by atoms with Crippen LogP contribution in [0.1, 0.15) is 40.5 Å². The first-order valence-electron chi connectivity index (χ1n) is 9.71. The highest BCUT2D eigenvalue weighted by Gasteiger charge is 2.78. The van der Waals surface area contributed by atoms with Crippen LogP contribution in [0.2, 0.25) is 0 Å². The van der Waals surface area contributed by atoms with Gasteiger partial charge in [0.1, 0.15) is 23.9 Å². The number of carbonyl (C=O) groups excluding carboxylic acids is 2. The van der Waals surface area contributed by atoms with Crippen LogP contribution in [0, 0.1) is 23.7 Å². The summed E-state index contributed by atoms with van der Waals surface area (Å²) in [5.74, 6) is -2.67. The second-order valence-corrected chi connectivity index (χ2v) is 9.03. The summed E-state index contributed by atoms with van der Waals surface area (Å²) in [6.45, 7) is 11.1. The van der Waals surface area contributed by atoms with E-state index in [4.69, 9.17) is 14.2 Å². The zero-order chi connectivity index (χ0) is 19.9. The third-order valence-corrected chi connectivity index (χ3v) is 7.25. The van der Waals surface area contributed by atoms with Crippen molar-refractivity contribution >= 4 is 11.9 Å². The average Bonchev–Trinajstić information content (AvgIpc) is 3.14. The van der Waals surface area contributed by atoms with E-state index < -0.39 is 53.2 Å². The molecule has 2 N–H and O–H groups in total. The number of aliphatic hydroxyl groups excluding tert-OH is 1. The highest BCUT2D eigenvalue weighted by Crippen LogP contribution is 2.64. The number of esters is 2. The highest BCUT2D eigenvalue weighted by atomic mass is 16.6. The second kappa shape index (κ2) is 5.78. The van der Waals surface area contributed by atoms with Crippen molar-refractivity contribution in [1.29, 1.82) is 0 Å². The molecule has 10 unspecified atom stereocenters. The molecule has 27 heavy (non-hydrogen) atoms. The molecule has 0 amide bonds. The lowest BCUT2D eigenvalue weighted by molar-refractivity contribution is -0.160. The Morgan fingerprint density at radius 2 is 2.07 bits per heavy atom. The maximum absolute atomic E-state index is 12.5. The molecule has 7 heteroatoms. The Bertz CT molecular complexity index is 700. The van der Waals surface area contributed by atoms with Gasteiger partial charge in [-0.15, -0.1) is 0 Å². The van der Waals surface area contributed by atoms with Crippen molar-refractivity contribution in [3.05, 3.63) is 12.2 Å². The summed E-state index contributed by atoms with van der Waals surface area (Å²) in [5, 5.41) is 22.0. The summed E-state index contributed by atoms with van der Waals surface area (Å²) in [7, 11) is 0. The van der Waals surface area contributed by atoms with Crippen LogP contribution >= 0.6 is 0 Å². The van der Waals surface area contributed by atoms with Gasteiger partial charge in [0.05, 0.1) is 23.5 Å². The quantitative estimate of drug-likeness (QED) is 0.427. The highest BCUT2D eigenvalue weighted by molar-refractivity contribution is 5.91. The standard InChI is InChI=1S/C20H28O7/c1-6-8(2)17(22)25-10-7-19(4,24)12-13(20(5)16(27-20)14(12)21)15-11(10)9(3)18(23)26-15/h8,10-16,21,24H,3,6-7H2,1-2,4-5H3. The van der Waals surface area contributed by atoms with Gasteiger partial charge in [0.25, 0.3) is 0 Å². The lowest BCUT2D eigenvalue weighted by atomic mass is 9.74. The molecule has 7 nitrogen and oxygen atoms in total. The maximum Gasteiger partial charge on any atom is 0.334 e. The van der Waals surface area contributed by atoms with Gasteiger partial charge in [0.15, 0.2) is 0 Å². The van der Waals surface area contributed by atoms with E-state index >= 15 is 0 Å². The predicted octanol–water partition coefficient (Wildman–Crippen LogP) is 0.961. The molecule has 10 atom stereocenters. The first kappa shape index (κ1) is 18.9. The van der Waals surface area contributed by atoms with E-state index in [9.17, 15) is 19.8 Å². The second-order valence-electron chi connectivity index (χ2n) is 9.03. The lowest BCUT2D eigenvalue weighted by Crippen LogP contribution is -2.48. The molecule has 2 saturated carbocycles. The largest absolute Gasteiger partial charge is 0.461 e. The number of ether oxygens (including phenoxy) is 3. The molecular formula is C20H28O7. The van der Waals surface area contributed by atoms with Gasteiger partial charge < -0.3 is 24.4 Å². The minimum Gasteiger partial charge on any atom is -0.461 e. The molecule has 2 aliphatic carbocycles. The van der Waals surface area contributed by atoms with E-state index in [-0.39, 0.29) is 30.0 Å². The number of carbonyl (C=O) groups is 2. The number of hydrogen-bond acceptors (Lipinski definition) is 7. The first-order chi connectivity index (χ1) is 12.5. The van der Waals surface area contributed by atoms with Crippen molar-refractivity contribution < 1.29 is 34.0 Å². The van der Waals surface area contributed by atoms with Gasteiger partial charge in [-0.1, -0.05) is 20.4 Å². The zero-order valence-corrected chi connectivity index (χ0v) is 16.2. The van der Waals surface area contributed by atoms with Gasteiger partial charge in [0, 0.05) is 23.8 Å². The summed E-state index contributed by atoms with van der Waals surface area (Å²) in [4.78, 5) is 24.8. The molecule has 4 rings (SSSR count). The van der Waals surface area contributed by atoms with Crippen LogP contribution in [0.25, 0.3) is 0 Å². The molecule has 4 aliphatic rings. The van der Waals surface area contributed by atoms with E-state index in [1.807, 2.05) is 13.8 Å². The van der Waals surface area contributed by atoms with Crippen molar-refractivity contribution in [2.24, 2.45) is 23.7 Å². The SMILES string of the molecule is C=C1C(=O)OC2C1C(OC(=O)C(C)CC)CC(C)(O)C1C(O)C3OC3(C)C21. The van der Waals surface area contributed by atoms with E-state index in [0.29, 0.717) is 6.42 Å². The fourth-order valence-corrected chi connectivity index (χ4v) is 5.52. The summed E-state index contributed by atoms with van der Waals surface area (Å²) in [6.07, 6.45) is -1.91. The third kappa shape index (κ3) is 2.51. The first-order valence-corrected chi connectivity index (χ1v) is 9.71. The Labute approximate surface area is 158 Å². The smallest absolute Gasteiger partial charge is 0.334 e. The minimum atomic E-state index is -1.30. The van der Waals surface area contributed by atoms with Crippen LogP contribution in [0.4, 0.5) is 0 Å². The van der Waals surface area contributed by atoms with Crippen LogP contribution in [0.3, 0.4) is 0 Å². The molecule has 0 radical (unpaired) electrons. The van der Waals surface area contributed by atoms with Gasteiger partial charge in [-0.2, -0.15) is 0 Å². The zero-order valence-electron chi connectivity index (χ0n) is 16.2. The minimum absolute atomic E-state index is 0.104. The van der Waals surface area contributed by atoms with Gasteiger partial charge in [-0.25, -0.2) is 4.79 Å². The number of epoxide rings is 1. The van der Waals surface area contributed by atoms with Crippen molar-refractivity contribution in [2.75, 3.05) is 0 Å². The van der Waals surface area contributed by atoms with Crippen molar-refractivity contribution in [3.8, 4) is 0 Å². The Balaban J connectivity index is 1.74. The molecule has 4 fully saturated rings. The monoisotopic (exact) mass is 380 g/mol. The number of rotatable bonds is 3. The maximum atomic E-state index is 12.5. The molecule has 0 aromatic heterocycles. The fourth-order valence-electron chi connectivity index (χ4n) is 5.52.